The van der Waals surface area contributed by atoms with Crippen LogP contribution in [0.2, 0.25) is 0 Å². The Morgan fingerprint density at radius 1 is 1.50 bits per heavy atom. The van der Waals surface area contributed by atoms with Crippen molar-refractivity contribution in [1.82, 2.24) is 20.5 Å². The lowest BCUT2D eigenvalue weighted by Gasteiger charge is -2.26. The van der Waals surface area contributed by atoms with Gasteiger partial charge in [0.1, 0.15) is 5.82 Å². The van der Waals surface area contributed by atoms with Crippen molar-refractivity contribution in [2.75, 3.05) is 13.2 Å². The minimum Gasteiger partial charge on any atom is -0.460 e. The standard InChI is InChI=1S/C12H20N4O2/c1-3-6-12(7-5-8-13-12)11-14-9(15-16-11)10(17)18-4-2/h13H,3-8H2,1-2H3,(H,14,15,16). The largest absolute Gasteiger partial charge is 0.460 e. The van der Waals surface area contributed by atoms with Crippen LogP contribution in [0.4, 0.5) is 0 Å². The van der Waals surface area contributed by atoms with Crippen molar-refractivity contribution in [3.05, 3.63) is 11.6 Å². The lowest BCUT2D eigenvalue weighted by molar-refractivity contribution is 0.0512. The lowest BCUT2D eigenvalue weighted by Crippen LogP contribution is -2.37. The van der Waals surface area contributed by atoms with Gasteiger partial charge in [0, 0.05) is 0 Å². The molecule has 0 saturated carbocycles. The molecular formula is C12H20N4O2. The molecule has 100 valence electrons. The first-order valence-corrected chi connectivity index (χ1v) is 6.57. The van der Waals surface area contributed by atoms with Crippen molar-refractivity contribution < 1.29 is 9.53 Å². The molecular weight excluding hydrogens is 232 g/mol. The molecule has 0 aliphatic carbocycles. The minimum absolute atomic E-state index is 0.121. The number of hydrogen-bond acceptors (Lipinski definition) is 5. The summed E-state index contributed by atoms with van der Waals surface area (Å²) in [5, 5.41) is 10.3. The fraction of sp³-hybridized carbons (Fsp3) is 0.750. The molecule has 2 N–H and O–H groups in total. The molecule has 0 aromatic carbocycles. The van der Waals surface area contributed by atoms with Gasteiger partial charge in [-0.05, 0) is 32.7 Å². The first kappa shape index (κ1) is 13.0. The maximum absolute atomic E-state index is 11.5. The van der Waals surface area contributed by atoms with Crippen molar-refractivity contribution in [3.63, 3.8) is 0 Å². The summed E-state index contributed by atoms with van der Waals surface area (Å²) < 4.78 is 4.89. The van der Waals surface area contributed by atoms with Gasteiger partial charge in [0.15, 0.2) is 0 Å². The molecule has 18 heavy (non-hydrogen) atoms. The summed E-state index contributed by atoms with van der Waals surface area (Å²) >= 11 is 0. The molecule has 0 bridgehead atoms. The molecule has 2 rings (SSSR count). The fourth-order valence-electron chi connectivity index (χ4n) is 2.53. The van der Waals surface area contributed by atoms with E-state index in [-0.39, 0.29) is 11.4 Å². The second-order valence-corrected chi connectivity index (χ2v) is 4.59. The highest BCUT2D eigenvalue weighted by molar-refractivity contribution is 5.84. The maximum atomic E-state index is 11.5. The number of H-pyrrole nitrogens is 1. The number of aromatic amines is 1. The number of carbonyl (C=O) groups is 1. The van der Waals surface area contributed by atoms with Crippen LogP contribution in [0, 0.1) is 0 Å². The van der Waals surface area contributed by atoms with Crippen molar-refractivity contribution in [3.8, 4) is 0 Å². The Kier molecular flexibility index (Phi) is 3.96. The molecule has 1 aromatic heterocycles. The van der Waals surface area contributed by atoms with E-state index in [1.807, 2.05) is 0 Å². The van der Waals surface area contributed by atoms with Crippen LogP contribution in [-0.2, 0) is 10.3 Å². The van der Waals surface area contributed by atoms with Gasteiger partial charge in [-0.1, -0.05) is 13.3 Å². The molecule has 1 fully saturated rings. The van der Waals surface area contributed by atoms with Crippen molar-refractivity contribution in [2.24, 2.45) is 0 Å². The van der Waals surface area contributed by atoms with Gasteiger partial charge >= 0.3 is 5.97 Å². The molecule has 1 aromatic rings. The average molecular weight is 252 g/mol. The van der Waals surface area contributed by atoms with E-state index in [2.05, 4.69) is 27.4 Å². The highest BCUT2D eigenvalue weighted by Gasteiger charge is 2.38. The van der Waals surface area contributed by atoms with Gasteiger partial charge in [0.05, 0.1) is 12.1 Å². The number of aromatic nitrogens is 3. The van der Waals surface area contributed by atoms with Gasteiger partial charge in [-0.3, -0.25) is 5.10 Å². The third-order valence-corrected chi connectivity index (χ3v) is 3.32. The Bertz CT molecular complexity index is 410. The Morgan fingerprint density at radius 3 is 2.94 bits per heavy atom. The van der Waals surface area contributed by atoms with Crippen molar-refractivity contribution in [1.29, 1.82) is 0 Å². The summed E-state index contributed by atoms with van der Waals surface area (Å²) in [7, 11) is 0. The van der Waals surface area contributed by atoms with Crippen LogP contribution in [0.15, 0.2) is 0 Å². The maximum Gasteiger partial charge on any atom is 0.378 e. The van der Waals surface area contributed by atoms with Gasteiger partial charge in [-0.25, -0.2) is 9.78 Å². The SMILES string of the molecule is CCCC1(c2nc(C(=O)OCC)n[nH]2)CCCN1. The summed E-state index contributed by atoms with van der Waals surface area (Å²) in [5.41, 5.74) is -0.146. The van der Waals surface area contributed by atoms with Gasteiger partial charge in [0.25, 0.3) is 5.82 Å². The lowest BCUT2D eigenvalue weighted by atomic mass is 9.91. The zero-order chi connectivity index (χ0) is 13.0. The Labute approximate surface area is 107 Å². The summed E-state index contributed by atoms with van der Waals surface area (Å²) in [5.74, 6) is 0.408. The minimum atomic E-state index is -0.468. The van der Waals surface area contributed by atoms with Gasteiger partial charge in [-0.2, -0.15) is 0 Å². The number of ether oxygens (including phenoxy) is 1. The van der Waals surface area contributed by atoms with Crippen molar-refractivity contribution >= 4 is 5.97 Å². The zero-order valence-corrected chi connectivity index (χ0v) is 11.0. The number of hydrogen-bond donors (Lipinski definition) is 2. The molecule has 6 nitrogen and oxygen atoms in total. The second-order valence-electron chi connectivity index (χ2n) is 4.59. The summed E-state index contributed by atoms with van der Waals surface area (Å²) in [6, 6.07) is 0. The topological polar surface area (TPSA) is 79.9 Å². The molecule has 1 unspecified atom stereocenters. The van der Waals surface area contributed by atoms with Crippen LogP contribution in [0.1, 0.15) is 56.0 Å². The van der Waals surface area contributed by atoms with Crippen molar-refractivity contribution in [2.45, 2.75) is 45.1 Å². The molecule has 0 amide bonds. The predicted octanol–water partition coefficient (Wildman–Crippen LogP) is 1.36. The molecule has 2 heterocycles. The third-order valence-electron chi connectivity index (χ3n) is 3.32. The molecule has 1 saturated heterocycles. The Balaban J connectivity index is 2.19. The number of nitrogens with zero attached hydrogens (tertiary/aromatic N) is 2. The molecule has 6 heteroatoms. The van der Waals surface area contributed by atoms with Crippen LogP contribution in [0.5, 0.6) is 0 Å². The van der Waals surface area contributed by atoms with Gasteiger partial charge in [0.2, 0.25) is 0 Å². The first-order valence-electron chi connectivity index (χ1n) is 6.57. The van der Waals surface area contributed by atoms with E-state index in [9.17, 15) is 4.79 Å². The smallest absolute Gasteiger partial charge is 0.378 e. The second kappa shape index (κ2) is 5.48. The highest BCUT2D eigenvalue weighted by Crippen LogP contribution is 2.32. The third kappa shape index (κ3) is 2.38. The number of esters is 1. The van der Waals surface area contributed by atoms with Gasteiger partial charge in [-0.15, -0.1) is 5.10 Å². The highest BCUT2D eigenvalue weighted by atomic mass is 16.5. The van der Waals surface area contributed by atoms with E-state index in [1.165, 1.54) is 0 Å². The number of carbonyl (C=O) groups excluding carboxylic acids is 1. The number of rotatable bonds is 5. The van der Waals surface area contributed by atoms with E-state index in [4.69, 9.17) is 4.74 Å². The van der Waals surface area contributed by atoms with E-state index in [0.29, 0.717) is 6.61 Å². The van der Waals surface area contributed by atoms with Crippen LogP contribution in [0.25, 0.3) is 0 Å². The molecule has 1 aliphatic rings. The van der Waals surface area contributed by atoms with E-state index in [1.54, 1.807) is 6.92 Å². The Morgan fingerprint density at radius 2 is 2.33 bits per heavy atom. The van der Waals surface area contributed by atoms with Crippen LogP contribution in [0.3, 0.4) is 0 Å². The zero-order valence-electron chi connectivity index (χ0n) is 11.0. The molecule has 1 atom stereocenters. The summed E-state index contributed by atoms with van der Waals surface area (Å²) in [6.45, 7) is 5.23. The van der Waals surface area contributed by atoms with E-state index < -0.39 is 5.97 Å². The fourth-order valence-corrected chi connectivity index (χ4v) is 2.53. The normalized spacial score (nSPS) is 23.2. The summed E-state index contributed by atoms with van der Waals surface area (Å²) in [4.78, 5) is 15.8. The monoisotopic (exact) mass is 252 g/mol. The molecule has 0 radical (unpaired) electrons. The molecule has 0 spiro atoms. The van der Waals surface area contributed by atoms with E-state index >= 15 is 0 Å². The van der Waals surface area contributed by atoms with Crippen LogP contribution in [-0.4, -0.2) is 34.3 Å². The van der Waals surface area contributed by atoms with Gasteiger partial charge < -0.3 is 10.1 Å². The molecule has 1 aliphatic heterocycles. The van der Waals surface area contributed by atoms with E-state index in [0.717, 1.165) is 38.1 Å². The first-order chi connectivity index (χ1) is 8.72. The predicted molar refractivity (Wildman–Crippen MR) is 66.2 cm³/mol. The summed E-state index contributed by atoms with van der Waals surface area (Å²) in [6.07, 6.45) is 4.20. The van der Waals surface area contributed by atoms with Crippen LogP contribution < -0.4 is 5.32 Å². The Hall–Kier alpha value is -1.43. The average Bonchev–Trinajstić information content (AvgIpc) is 2.98. The van der Waals surface area contributed by atoms with Crippen LogP contribution >= 0.6 is 0 Å². The quantitative estimate of drug-likeness (QED) is 0.773. The number of nitrogens with one attached hydrogen (secondary N) is 2.